The number of rotatable bonds is 10. The number of benzene rings is 2. The Morgan fingerprint density at radius 3 is 2.68 bits per heavy atom. The summed E-state index contributed by atoms with van der Waals surface area (Å²) in [5.41, 5.74) is 13.1. The van der Waals surface area contributed by atoms with E-state index in [0.29, 0.717) is 43.6 Å². The van der Waals surface area contributed by atoms with Gasteiger partial charge in [0.1, 0.15) is 30.2 Å². The minimum absolute atomic E-state index is 0.228. The first-order valence-corrected chi connectivity index (χ1v) is 12.3. The van der Waals surface area contributed by atoms with Crippen LogP contribution in [0.5, 0.6) is 0 Å². The van der Waals surface area contributed by atoms with E-state index in [4.69, 9.17) is 16.2 Å². The van der Waals surface area contributed by atoms with Crippen molar-refractivity contribution in [3.8, 4) is 0 Å². The zero-order valence-electron chi connectivity index (χ0n) is 20.3. The molecule has 3 heterocycles. The summed E-state index contributed by atoms with van der Waals surface area (Å²) < 4.78 is 7.74. The lowest BCUT2D eigenvalue weighted by Gasteiger charge is -2.27. The summed E-state index contributed by atoms with van der Waals surface area (Å²) in [6.07, 6.45) is 0.717. The molecule has 6 N–H and O–H groups in total. The normalized spacial score (nSPS) is 21.8. The molecule has 0 radical (unpaired) electrons. The van der Waals surface area contributed by atoms with Crippen molar-refractivity contribution in [2.24, 2.45) is 5.73 Å². The fourth-order valence-corrected chi connectivity index (χ4v) is 4.89. The molecule has 2 aromatic heterocycles. The lowest BCUT2D eigenvalue weighted by Crippen LogP contribution is -2.40. The van der Waals surface area contributed by atoms with Crippen molar-refractivity contribution in [3.63, 3.8) is 0 Å². The number of ether oxygens (including phenoxy) is 1. The Morgan fingerprint density at radius 1 is 1.05 bits per heavy atom. The average molecular weight is 506 g/mol. The first kappa shape index (κ1) is 25.0. The summed E-state index contributed by atoms with van der Waals surface area (Å²) in [6, 6.07) is 14.5. The number of carbonyl (C=O) groups excluding carboxylic acids is 1. The van der Waals surface area contributed by atoms with Gasteiger partial charge >= 0.3 is 0 Å². The number of anilines is 1. The maximum Gasteiger partial charge on any atom is 0.217 e. The summed E-state index contributed by atoms with van der Waals surface area (Å²) in [5, 5.41) is 24.1. The van der Waals surface area contributed by atoms with Crippen LogP contribution in [0.25, 0.3) is 21.9 Å². The number of primary amides is 1. The van der Waals surface area contributed by atoms with Crippen LogP contribution in [0.2, 0.25) is 0 Å². The highest BCUT2D eigenvalue weighted by Crippen LogP contribution is 2.32. The highest BCUT2D eigenvalue weighted by Gasteiger charge is 2.44. The van der Waals surface area contributed by atoms with Crippen molar-refractivity contribution in [1.29, 1.82) is 0 Å². The van der Waals surface area contributed by atoms with Gasteiger partial charge in [0.15, 0.2) is 17.7 Å². The molecule has 5 rings (SSSR count). The molecule has 0 saturated carbocycles. The number of fused-ring (bicyclic) bond motifs is 2. The van der Waals surface area contributed by atoms with Crippen LogP contribution >= 0.6 is 0 Å². The van der Waals surface area contributed by atoms with Crippen molar-refractivity contribution in [2.75, 3.05) is 18.8 Å². The van der Waals surface area contributed by atoms with Gasteiger partial charge in [0.2, 0.25) is 5.91 Å². The Morgan fingerprint density at radius 2 is 1.86 bits per heavy atom. The molecule has 1 aliphatic rings. The smallest absolute Gasteiger partial charge is 0.217 e. The van der Waals surface area contributed by atoms with Gasteiger partial charge in [-0.2, -0.15) is 0 Å². The molecule has 1 fully saturated rings. The first-order valence-electron chi connectivity index (χ1n) is 12.3. The summed E-state index contributed by atoms with van der Waals surface area (Å²) in [6.45, 7) is 1.67. The largest absolute Gasteiger partial charge is 0.387 e. The molecule has 4 atom stereocenters. The molecule has 0 unspecified atom stereocenters. The van der Waals surface area contributed by atoms with Crippen LogP contribution in [0.1, 0.15) is 31.1 Å². The highest BCUT2D eigenvalue weighted by molar-refractivity contribution is 5.83. The first-order chi connectivity index (χ1) is 17.9. The molecule has 11 nitrogen and oxygen atoms in total. The molecular formula is C26H31N7O4. The Balaban J connectivity index is 1.33. The summed E-state index contributed by atoms with van der Waals surface area (Å²) in [5.74, 6) is -0.0931. The monoisotopic (exact) mass is 505 g/mol. The number of nitrogens with two attached hydrogens (primary N) is 2. The van der Waals surface area contributed by atoms with Crippen LogP contribution in [0.3, 0.4) is 0 Å². The summed E-state index contributed by atoms with van der Waals surface area (Å²) in [7, 11) is 0. The zero-order valence-corrected chi connectivity index (χ0v) is 20.3. The second kappa shape index (κ2) is 10.8. The molecular weight excluding hydrogens is 474 g/mol. The maximum atomic E-state index is 11.2. The lowest BCUT2D eigenvalue weighted by molar-refractivity contribution is -0.118. The second-order valence-corrected chi connectivity index (χ2v) is 9.47. The Kier molecular flexibility index (Phi) is 7.28. The van der Waals surface area contributed by atoms with Gasteiger partial charge in [0.05, 0.1) is 6.33 Å². The molecule has 0 spiro atoms. The van der Waals surface area contributed by atoms with Gasteiger partial charge in [0, 0.05) is 19.5 Å². The second-order valence-electron chi connectivity index (χ2n) is 9.47. The predicted molar refractivity (Wildman–Crippen MR) is 138 cm³/mol. The fourth-order valence-electron chi connectivity index (χ4n) is 4.89. The van der Waals surface area contributed by atoms with Crippen LogP contribution in [-0.4, -0.2) is 71.9 Å². The van der Waals surface area contributed by atoms with Gasteiger partial charge in [-0.15, -0.1) is 0 Å². The molecule has 2 aromatic carbocycles. The Bertz CT molecular complexity index is 1390. The molecule has 1 amide bonds. The van der Waals surface area contributed by atoms with Crippen molar-refractivity contribution in [3.05, 3.63) is 60.7 Å². The van der Waals surface area contributed by atoms with Crippen LogP contribution in [0.4, 0.5) is 5.82 Å². The van der Waals surface area contributed by atoms with Gasteiger partial charge in [-0.05, 0) is 41.8 Å². The van der Waals surface area contributed by atoms with Gasteiger partial charge in [0.25, 0.3) is 0 Å². The van der Waals surface area contributed by atoms with E-state index in [1.54, 1.807) is 4.57 Å². The number of aliphatic hydroxyl groups excluding tert-OH is 2. The maximum absolute atomic E-state index is 11.2. The minimum atomic E-state index is -1.18. The number of amides is 1. The number of nitrogens with zero attached hydrogens (tertiary/aromatic N) is 5. The average Bonchev–Trinajstić information content (AvgIpc) is 3.43. The van der Waals surface area contributed by atoms with E-state index in [9.17, 15) is 15.0 Å². The Hall–Kier alpha value is -3.64. The molecule has 4 aromatic rings. The van der Waals surface area contributed by atoms with Crippen LogP contribution in [-0.2, 0) is 16.1 Å². The lowest BCUT2D eigenvalue weighted by atomic mass is 10.1. The number of hydrogen-bond donors (Lipinski definition) is 4. The van der Waals surface area contributed by atoms with Crippen LogP contribution in [0, 0.1) is 0 Å². The molecule has 1 aliphatic heterocycles. The van der Waals surface area contributed by atoms with Gasteiger partial charge in [-0.25, -0.2) is 15.0 Å². The quantitative estimate of drug-likeness (QED) is 0.233. The number of carbonyl (C=O) groups is 1. The van der Waals surface area contributed by atoms with E-state index < -0.39 is 24.5 Å². The molecule has 11 heteroatoms. The number of aromatic nitrogens is 4. The van der Waals surface area contributed by atoms with Gasteiger partial charge < -0.3 is 26.4 Å². The third kappa shape index (κ3) is 5.39. The Labute approximate surface area is 213 Å². The van der Waals surface area contributed by atoms with E-state index in [0.717, 1.165) is 22.8 Å². The third-order valence-electron chi connectivity index (χ3n) is 6.80. The zero-order chi connectivity index (χ0) is 25.9. The van der Waals surface area contributed by atoms with E-state index in [-0.39, 0.29) is 11.7 Å². The number of unbranched alkanes of at least 4 members (excludes halogenated alkanes) is 1. The van der Waals surface area contributed by atoms with E-state index in [1.807, 2.05) is 12.1 Å². The van der Waals surface area contributed by atoms with Crippen molar-refractivity contribution in [1.82, 2.24) is 24.4 Å². The summed E-state index contributed by atoms with van der Waals surface area (Å²) >= 11 is 0. The van der Waals surface area contributed by atoms with Crippen molar-refractivity contribution in [2.45, 2.75) is 50.3 Å². The third-order valence-corrected chi connectivity index (χ3v) is 6.80. The molecule has 0 aliphatic carbocycles. The number of aliphatic hydroxyl groups is 2. The molecule has 37 heavy (non-hydrogen) atoms. The SMILES string of the molecule is NC(=O)CCCCN(Cc1ccc2ccccc2c1)C[C@H]1O[C@@H](n2cnc3c(N)ncnc32)[C@H](O)[C@@H]1O. The van der Waals surface area contributed by atoms with Crippen LogP contribution in [0.15, 0.2) is 55.1 Å². The number of nitrogen functional groups attached to an aromatic ring is 1. The molecule has 194 valence electrons. The van der Waals surface area contributed by atoms with Gasteiger partial charge in [-0.3, -0.25) is 14.3 Å². The fraction of sp³-hybridized carbons (Fsp3) is 0.385. The molecule has 0 bridgehead atoms. The van der Waals surface area contributed by atoms with Gasteiger partial charge in [-0.1, -0.05) is 36.4 Å². The summed E-state index contributed by atoms with van der Waals surface area (Å²) in [4.78, 5) is 25.8. The number of imidazole rings is 1. The number of hydrogen-bond acceptors (Lipinski definition) is 9. The molecule has 1 saturated heterocycles. The standard InChI is InChI=1S/C26H31N7O4/c27-20(34)7-3-4-10-32(12-16-8-9-17-5-1-2-6-18(17)11-16)13-19-22(35)23(36)26(37-19)33-15-31-21-24(28)29-14-30-25(21)33/h1-2,5-6,8-9,11,14-15,19,22-23,26,35-36H,3-4,7,10,12-13H2,(H2,27,34)(H2,28,29,30)/t19-,22-,23-,26-/m1/s1. The van der Waals surface area contributed by atoms with E-state index in [1.165, 1.54) is 12.7 Å². The van der Waals surface area contributed by atoms with Crippen molar-refractivity contribution < 1.29 is 19.7 Å². The highest BCUT2D eigenvalue weighted by atomic mass is 16.6. The predicted octanol–water partition coefficient (Wildman–Crippen LogP) is 1.34. The van der Waals surface area contributed by atoms with E-state index >= 15 is 0 Å². The topological polar surface area (TPSA) is 166 Å². The van der Waals surface area contributed by atoms with Crippen LogP contribution < -0.4 is 11.5 Å². The van der Waals surface area contributed by atoms with E-state index in [2.05, 4.69) is 50.2 Å². The van der Waals surface area contributed by atoms with Crippen molar-refractivity contribution >= 4 is 33.7 Å². The minimum Gasteiger partial charge on any atom is -0.387 e.